The average molecular weight is 192 g/mol. The minimum absolute atomic E-state index is 0.903. The molecular formula is C12H20N2. The summed E-state index contributed by atoms with van der Waals surface area (Å²) in [5, 5.41) is 3.64. The van der Waals surface area contributed by atoms with E-state index in [9.17, 15) is 0 Å². The Hall–Kier alpha value is -0.0800. The molecule has 4 bridgehead atoms. The maximum absolute atomic E-state index is 3.64. The Labute approximate surface area is 86.0 Å². The fourth-order valence-electron chi connectivity index (χ4n) is 4.42. The summed E-state index contributed by atoms with van der Waals surface area (Å²) in [5.41, 5.74) is 0. The molecule has 2 heteroatoms. The second-order valence-electron chi connectivity index (χ2n) is 5.83. The molecule has 5 fully saturated rings. The number of fused-ring (bicyclic) bond motifs is 3. The van der Waals surface area contributed by atoms with Gasteiger partial charge in [-0.1, -0.05) is 0 Å². The van der Waals surface area contributed by atoms with E-state index in [1.807, 2.05) is 0 Å². The highest BCUT2D eigenvalue weighted by atomic mass is 15.2. The highest BCUT2D eigenvalue weighted by molar-refractivity contribution is 5.05. The lowest BCUT2D eigenvalue weighted by molar-refractivity contribution is 0.121. The second kappa shape index (κ2) is 2.73. The molecule has 1 saturated carbocycles. The molecule has 5 aliphatic rings. The highest BCUT2D eigenvalue weighted by Gasteiger charge is 2.49. The SMILES string of the molecule is C1NC2CC1C2CN1C2CCC1CC2. The summed E-state index contributed by atoms with van der Waals surface area (Å²) in [6, 6.07) is 2.87. The number of nitrogens with zero attached hydrogens (tertiary/aromatic N) is 1. The number of rotatable bonds is 2. The molecule has 1 N–H and O–H groups in total. The first-order valence-electron chi connectivity index (χ1n) is 6.41. The fourth-order valence-corrected chi connectivity index (χ4v) is 4.42. The smallest absolute Gasteiger partial charge is 0.0114 e. The van der Waals surface area contributed by atoms with Crippen LogP contribution in [0.1, 0.15) is 32.1 Å². The summed E-state index contributed by atoms with van der Waals surface area (Å²) >= 11 is 0. The van der Waals surface area contributed by atoms with Gasteiger partial charge in [0.15, 0.2) is 0 Å². The van der Waals surface area contributed by atoms with Gasteiger partial charge in [0.05, 0.1) is 0 Å². The zero-order valence-corrected chi connectivity index (χ0v) is 8.78. The van der Waals surface area contributed by atoms with Crippen molar-refractivity contribution in [2.24, 2.45) is 11.8 Å². The monoisotopic (exact) mass is 192 g/mol. The van der Waals surface area contributed by atoms with Crippen LogP contribution in [0.3, 0.4) is 0 Å². The lowest BCUT2D eigenvalue weighted by Gasteiger charge is -2.38. The van der Waals surface area contributed by atoms with Crippen LogP contribution in [-0.2, 0) is 0 Å². The Morgan fingerprint density at radius 2 is 1.79 bits per heavy atom. The van der Waals surface area contributed by atoms with Crippen molar-refractivity contribution in [1.29, 1.82) is 0 Å². The number of hydrogen-bond acceptors (Lipinski definition) is 2. The largest absolute Gasteiger partial charge is 0.313 e. The topological polar surface area (TPSA) is 15.3 Å². The van der Waals surface area contributed by atoms with Crippen molar-refractivity contribution in [1.82, 2.24) is 10.2 Å². The van der Waals surface area contributed by atoms with Crippen LogP contribution in [0.2, 0.25) is 0 Å². The molecule has 4 aliphatic heterocycles. The summed E-state index contributed by atoms with van der Waals surface area (Å²) in [6.45, 7) is 2.75. The standard InChI is InChI=1S/C12H20N2/c1-2-10-4-3-9(1)14(10)7-11-8-5-12(11)13-6-8/h8-13H,1-7H2. The van der Waals surface area contributed by atoms with Crippen LogP contribution in [0, 0.1) is 11.8 Å². The lowest BCUT2D eigenvalue weighted by atomic mass is 9.73. The molecule has 0 aromatic carbocycles. The lowest BCUT2D eigenvalue weighted by Crippen LogP contribution is -2.46. The molecule has 4 heterocycles. The van der Waals surface area contributed by atoms with Crippen molar-refractivity contribution in [2.45, 2.75) is 50.2 Å². The van der Waals surface area contributed by atoms with E-state index in [-0.39, 0.29) is 0 Å². The minimum Gasteiger partial charge on any atom is -0.313 e. The molecule has 1 aliphatic carbocycles. The summed E-state index contributed by atoms with van der Waals surface area (Å²) in [4.78, 5) is 2.86. The first-order valence-corrected chi connectivity index (χ1v) is 6.41. The molecule has 3 atom stereocenters. The van der Waals surface area contributed by atoms with E-state index < -0.39 is 0 Å². The zero-order valence-electron chi connectivity index (χ0n) is 8.78. The van der Waals surface area contributed by atoms with Gasteiger partial charge in [0.25, 0.3) is 0 Å². The molecule has 3 unspecified atom stereocenters. The van der Waals surface area contributed by atoms with Crippen LogP contribution < -0.4 is 5.32 Å². The number of nitrogens with one attached hydrogen (secondary N) is 1. The van der Waals surface area contributed by atoms with Gasteiger partial charge in [-0.2, -0.15) is 0 Å². The predicted molar refractivity (Wildman–Crippen MR) is 56.1 cm³/mol. The van der Waals surface area contributed by atoms with Crippen molar-refractivity contribution < 1.29 is 0 Å². The van der Waals surface area contributed by atoms with Crippen LogP contribution in [0.15, 0.2) is 0 Å². The Balaban J connectivity index is 1.46. The summed E-state index contributed by atoms with van der Waals surface area (Å²) in [6.07, 6.45) is 7.48. The third-order valence-corrected chi connectivity index (χ3v) is 5.35. The Morgan fingerprint density at radius 3 is 2.29 bits per heavy atom. The average Bonchev–Trinajstić information content (AvgIpc) is 2.95. The molecule has 0 aromatic rings. The van der Waals surface area contributed by atoms with E-state index >= 15 is 0 Å². The molecule has 0 radical (unpaired) electrons. The van der Waals surface area contributed by atoms with Crippen LogP contribution >= 0.6 is 0 Å². The van der Waals surface area contributed by atoms with Gasteiger partial charge in [0.1, 0.15) is 0 Å². The number of hydrogen-bond donors (Lipinski definition) is 1. The van der Waals surface area contributed by atoms with Gasteiger partial charge in [-0.05, 0) is 50.5 Å². The molecule has 5 rings (SSSR count). The first-order chi connectivity index (χ1) is 6.92. The quantitative estimate of drug-likeness (QED) is 0.708. The minimum atomic E-state index is 0.903. The van der Waals surface area contributed by atoms with E-state index in [2.05, 4.69) is 10.2 Å². The molecular weight excluding hydrogens is 172 g/mol. The Bertz CT molecular complexity index is 219. The van der Waals surface area contributed by atoms with Gasteiger partial charge in [0, 0.05) is 24.7 Å². The van der Waals surface area contributed by atoms with Crippen molar-refractivity contribution in [3.8, 4) is 0 Å². The molecule has 14 heavy (non-hydrogen) atoms. The van der Waals surface area contributed by atoms with E-state index in [0.717, 1.165) is 30.0 Å². The summed E-state index contributed by atoms with van der Waals surface area (Å²) in [5.74, 6) is 2.07. The van der Waals surface area contributed by atoms with Crippen molar-refractivity contribution in [3.05, 3.63) is 0 Å². The molecule has 0 amide bonds. The van der Waals surface area contributed by atoms with Crippen molar-refractivity contribution in [2.75, 3.05) is 13.1 Å². The molecule has 0 spiro atoms. The van der Waals surface area contributed by atoms with Gasteiger partial charge < -0.3 is 5.32 Å². The van der Waals surface area contributed by atoms with Gasteiger partial charge in [-0.15, -0.1) is 0 Å². The van der Waals surface area contributed by atoms with E-state index in [1.54, 1.807) is 0 Å². The maximum atomic E-state index is 3.64. The molecule has 4 saturated heterocycles. The summed E-state index contributed by atoms with van der Waals surface area (Å²) < 4.78 is 0. The van der Waals surface area contributed by atoms with Crippen LogP contribution in [0.4, 0.5) is 0 Å². The Kier molecular flexibility index (Phi) is 1.58. The fraction of sp³-hybridized carbons (Fsp3) is 1.00. The summed E-state index contributed by atoms with van der Waals surface area (Å²) in [7, 11) is 0. The normalized spacial score (nSPS) is 55.3. The molecule has 0 aromatic heterocycles. The molecule has 2 nitrogen and oxygen atoms in total. The van der Waals surface area contributed by atoms with Crippen LogP contribution in [-0.4, -0.2) is 36.1 Å². The van der Waals surface area contributed by atoms with Gasteiger partial charge >= 0.3 is 0 Å². The Morgan fingerprint density at radius 1 is 1.07 bits per heavy atom. The van der Waals surface area contributed by atoms with Gasteiger partial charge in [-0.25, -0.2) is 0 Å². The van der Waals surface area contributed by atoms with Crippen LogP contribution in [0.5, 0.6) is 0 Å². The van der Waals surface area contributed by atoms with Crippen LogP contribution in [0.25, 0.3) is 0 Å². The van der Waals surface area contributed by atoms with Gasteiger partial charge in [-0.3, -0.25) is 4.90 Å². The van der Waals surface area contributed by atoms with E-state index in [4.69, 9.17) is 0 Å². The van der Waals surface area contributed by atoms with Gasteiger partial charge in [0.2, 0.25) is 0 Å². The maximum Gasteiger partial charge on any atom is 0.0114 e. The van der Waals surface area contributed by atoms with Crippen molar-refractivity contribution in [3.63, 3.8) is 0 Å². The third kappa shape index (κ3) is 0.938. The van der Waals surface area contributed by atoms with E-state index in [0.29, 0.717) is 0 Å². The highest BCUT2D eigenvalue weighted by Crippen LogP contribution is 2.44. The third-order valence-electron chi connectivity index (χ3n) is 5.35. The van der Waals surface area contributed by atoms with E-state index in [1.165, 1.54) is 45.2 Å². The second-order valence-corrected chi connectivity index (χ2v) is 5.83. The molecule has 78 valence electrons. The first kappa shape index (κ1) is 8.12. The predicted octanol–water partition coefficient (Wildman–Crippen LogP) is 1.22. The zero-order chi connectivity index (χ0) is 9.12. The van der Waals surface area contributed by atoms with Crippen molar-refractivity contribution >= 4 is 0 Å².